The summed E-state index contributed by atoms with van der Waals surface area (Å²) in [6, 6.07) is 9.21. The number of nitrogens with zero attached hydrogens (tertiary/aromatic N) is 2. The predicted molar refractivity (Wildman–Crippen MR) is 73.1 cm³/mol. The fraction of sp³-hybridized carbons (Fsp3) is 0.231. The SMILES string of the molecule is O=C(CCO)Nc1ccn(Cc2ccc(Cl)cc2)n1. The largest absolute Gasteiger partial charge is 0.396 e. The van der Waals surface area contributed by atoms with Crippen LogP contribution in [0.5, 0.6) is 0 Å². The van der Waals surface area contributed by atoms with Crippen molar-refractivity contribution in [1.29, 1.82) is 0 Å². The molecule has 0 saturated heterocycles. The second-order valence-corrected chi connectivity index (χ2v) is 4.48. The Hall–Kier alpha value is -1.85. The number of aliphatic hydroxyl groups excluding tert-OH is 1. The topological polar surface area (TPSA) is 67.2 Å². The van der Waals surface area contributed by atoms with Gasteiger partial charge in [-0.05, 0) is 17.7 Å². The Labute approximate surface area is 115 Å². The molecule has 0 unspecified atom stereocenters. The molecule has 0 radical (unpaired) electrons. The Balaban J connectivity index is 1.97. The number of carbonyl (C=O) groups excluding carboxylic acids is 1. The third kappa shape index (κ3) is 4.08. The van der Waals surface area contributed by atoms with Gasteiger partial charge in [-0.15, -0.1) is 0 Å². The van der Waals surface area contributed by atoms with E-state index < -0.39 is 0 Å². The van der Waals surface area contributed by atoms with Gasteiger partial charge >= 0.3 is 0 Å². The van der Waals surface area contributed by atoms with Crippen molar-refractivity contribution in [2.45, 2.75) is 13.0 Å². The first-order chi connectivity index (χ1) is 9.17. The predicted octanol–water partition coefficient (Wildman–Crippen LogP) is 1.91. The molecule has 2 rings (SSSR count). The lowest BCUT2D eigenvalue weighted by molar-refractivity contribution is -0.116. The number of carbonyl (C=O) groups is 1. The van der Waals surface area contributed by atoms with Gasteiger partial charge in [-0.3, -0.25) is 9.48 Å². The van der Waals surface area contributed by atoms with Gasteiger partial charge in [-0.1, -0.05) is 23.7 Å². The van der Waals surface area contributed by atoms with E-state index in [1.54, 1.807) is 16.9 Å². The minimum Gasteiger partial charge on any atom is -0.396 e. The number of aromatic nitrogens is 2. The fourth-order valence-corrected chi connectivity index (χ4v) is 1.73. The van der Waals surface area contributed by atoms with Crippen LogP contribution in [0.25, 0.3) is 0 Å². The quantitative estimate of drug-likeness (QED) is 0.878. The molecule has 0 aliphatic carbocycles. The first-order valence-corrected chi connectivity index (χ1v) is 6.24. The summed E-state index contributed by atoms with van der Waals surface area (Å²) < 4.78 is 1.72. The molecule has 2 N–H and O–H groups in total. The smallest absolute Gasteiger partial charge is 0.227 e. The molecule has 0 fully saturated rings. The van der Waals surface area contributed by atoms with Crippen molar-refractivity contribution in [3.8, 4) is 0 Å². The van der Waals surface area contributed by atoms with Gasteiger partial charge in [0.1, 0.15) is 0 Å². The lowest BCUT2D eigenvalue weighted by Crippen LogP contribution is -2.13. The number of halogens is 1. The van der Waals surface area contributed by atoms with Gasteiger partial charge in [0.2, 0.25) is 5.91 Å². The van der Waals surface area contributed by atoms with E-state index in [1.165, 1.54) is 0 Å². The van der Waals surface area contributed by atoms with Crippen molar-refractivity contribution in [2.75, 3.05) is 11.9 Å². The van der Waals surface area contributed by atoms with Crippen LogP contribution < -0.4 is 5.32 Å². The minimum absolute atomic E-state index is 0.0735. The Morgan fingerprint density at radius 1 is 1.32 bits per heavy atom. The number of anilines is 1. The molecule has 5 nitrogen and oxygen atoms in total. The maximum absolute atomic E-state index is 11.3. The average molecular weight is 280 g/mol. The maximum Gasteiger partial charge on any atom is 0.227 e. The second-order valence-electron chi connectivity index (χ2n) is 4.05. The highest BCUT2D eigenvalue weighted by molar-refractivity contribution is 6.30. The summed E-state index contributed by atoms with van der Waals surface area (Å²) in [6.45, 7) is 0.435. The zero-order valence-corrected chi connectivity index (χ0v) is 11.0. The normalized spacial score (nSPS) is 10.4. The van der Waals surface area contributed by atoms with Gasteiger partial charge in [0.25, 0.3) is 0 Å². The zero-order valence-electron chi connectivity index (χ0n) is 10.2. The molecule has 0 aliphatic rings. The van der Waals surface area contributed by atoms with Crippen molar-refractivity contribution < 1.29 is 9.90 Å². The van der Waals surface area contributed by atoms with Crippen LogP contribution in [0.4, 0.5) is 5.82 Å². The van der Waals surface area contributed by atoms with Crippen LogP contribution in [-0.4, -0.2) is 27.4 Å². The molecule has 6 heteroatoms. The summed E-state index contributed by atoms with van der Waals surface area (Å²) in [5, 5.41) is 16.2. The van der Waals surface area contributed by atoms with Crippen LogP contribution in [0.1, 0.15) is 12.0 Å². The third-order valence-corrected chi connectivity index (χ3v) is 2.76. The molecule has 1 heterocycles. The van der Waals surface area contributed by atoms with Crippen LogP contribution in [-0.2, 0) is 11.3 Å². The van der Waals surface area contributed by atoms with Crippen molar-refractivity contribution in [3.05, 3.63) is 47.1 Å². The highest BCUT2D eigenvalue weighted by atomic mass is 35.5. The maximum atomic E-state index is 11.3. The van der Waals surface area contributed by atoms with Crippen molar-refractivity contribution >= 4 is 23.3 Å². The summed E-state index contributed by atoms with van der Waals surface area (Å²) in [4.78, 5) is 11.3. The van der Waals surface area contributed by atoms with Crippen molar-refractivity contribution in [1.82, 2.24) is 9.78 Å². The Kier molecular flexibility index (Phi) is 4.54. The highest BCUT2D eigenvalue weighted by Crippen LogP contribution is 2.11. The van der Waals surface area contributed by atoms with Crippen LogP contribution in [0, 0.1) is 0 Å². The molecule has 1 aromatic heterocycles. The number of rotatable bonds is 5. The van der Waals surface area contributed by atoms with E-state index in [2.05, 4.69) is 10.4 Å². The molecule has 100 valence electrons. The third-order valence-electron chi connectivity index (χ3n) is 2.50. The first kappa shape index (κ1) is 13.6. The summed E-state index contributed by atoms with van der Waals surface area (Å²) in [5.41, 5.74) is 1.07. The van der Waals surface area contributed by atoms with Gasteiger partial charge in [0.15, 0.2) is 5.82 Å². The summed E-state index contributed by atoms with van der Waals surface area (Å²) >= 11 is 5.82. The molecular weight excluding hydrogens is 266 g/mol. The first-order valence-electron chi connectivity index (χ1n) is 5.86. The van der Waals surface area contributed by atoms with Crippen LogP contribution in [0.15, 0.2) is 36.5 Å². The van der Waals surface area contributed by atoms with E-state index in [-0.39, 0.29) is 18.9 Å². The van der Waals surface area contributed by atoms with Crippen LogP contribution >= 0.6 is 11.6 Å². The number of hydrogen-bond donors (Lipinski definition) is 2. The van der Waals surface area contributed by atoms with Gasteiger partial charge in [-0.2, -0.15) is 5.10 Å². The van der Waals surface area contributed by atoms with Crippen LogP contribution in [0.2, 0.25) is 5.02 Å². The summed E-state index contributed by atoms with van der Waals surface area (Å²) in [5.74, 6) is 0.228. The molecule has 2 aromatic rings. The molecular formula is C13H14ClN3O2. The average Bonchev–Trinajstić information content (AvgIpc) is 2.80. The molecule has 0 bridgehead atoms. The molecule has 0 saturated carbocycles. The summed E-state index contributed by atoms with van der Waals surface area (Å²) in [7, 11) is 0. The molecule has 0 spiro atoms. The number of nitrogens with one attached hydrogen (secondary N) is 1. The minimum atomic E-state index is -0.251. The van der Waals surface area contributed by atoms with E-state index >= 15 is 0 Å². The van der Waals surface area contributed by atoms with E-state index in [4.69, 9.17) is 16.7 Å². The van der Waals surface area contributed by atoms with Gasteiger partial charge in [0, 0.05) is 17.3 Å². The highest BCUT2D eigenvalue weighted by Gasteiger charge is 2.04. The fourth-order valence-electron chi connectivity index (χ4n) is 1.60. The van der Waals surface area contributed by atoms with Crippen molar-refractivity contribution in [2.24, 2.45) is 0 Å². The molecule has 1 aromatic carbocycles. The lowest BCUT2D eigenvalue weighted by atomic mass is 10.2. The molecule has 0 atom stereocenters. The van der Waals surface area contributed by atoms with Gasteiger partial charge in [-0.25, -0.2) is 0 Å². The molecule has 1 amide bonds. The van der Waals surface area contributed by atoms with Gasteiger partial charge < -0.3 is 10.4 Å². The summed E-state index contributed by atoms with van der Waals surface area (Å²) in [6.07, 6.45) is 1.85. The van der Waals surface area contributed by atoms with Crippen LogP contribution in [0.3, 0.4) is 0 Å². The monoisotopic (exact) mass is 279 g/mol. The number of amides is 1. The number of aliphatic hydroxyl groups is 1. The standard InChI is InChI=1S/C13H14ClN3O2/c14-11-3-1-10(2-4-11)9-17-7-5-12(16-17)15-13(19)6-8-18/h1-5,7,18H,6,8-9H2,(H,15,16,19). The van der Waals surface area contributed by atoms with Gasteiger partial charge in [0.05, 0.1) is 19.6 Å². The van der Waals surface area contributed by atoms with E-state index in [1.807, 2.05) is 24.3 Å². The zero-order chi connectivity index (χ0) is 13.7. The Morgan fingerprint density at radius 3 is 2.74 bits per heavy atom. The Bertz CT molecular complexity index is 551. The molecule has 19 heavy (non-hydrogen) atoms. The second kappa shape index (κ2) is 6.36. The number of hydrogen-bond acceptors (Lipinski definition) is 3. The van der Waals surface area contributed by atoms with E-state index in [9.17, 15) is 4.79 Å². The Morgan fingerprint density at radius 2 is 2.05 bits per heavy atom. The molecule has 0 aliphatic heterocycles. The van der Waals surface area contributed by atoms with E-state index in [0.717, 1.165) is 5.56 Å². The lowest BCUT2D eigenvalue weighted by Gasteiger charge is -2.02. The van der Waals surface area contributed by atoms with E-state index in [0.29, 0.717) is 17.4 Å². The number of benzene rings is 1. The van der Waals surface area contributed by atoms with Crippen molar-refractivity contribution in [3.63, 3.8) is 0 Å².